The van der Waals surface area contributed by atoms with Gasteiger partial charge in [0.2, 0.25) is 11.8 Å². The number of methoxy groups -OCH3 is 2. The fraction of sp³-hybridized carbons (Fsp3) is 0.333. The lowest BCUT2D eigenvalue weighted by atomic mass is 10.1. The third kappa shape index (κ3) is 4.22. The molecule has 0 spiro atoms. The molecule has 2 amide bonds. The Morgan fingerprint density at radius 1 is 1.11 bits per heavy atom. The zero-order valence-corrected chi connectivity index (χ0v) is 15.9. The van der Waals surface area contributed by atoms with Crippen molar-refractivity contribution in [2.24, 2.45) is 0 Å². The highest BCUT2D eigenvalue weighted by Gasteiger charge is 2.21. The number of rotatable bonds is 6. The van der Waals surface area contributed by atoms with E-state index in [1.165, 1.54) is 0 Å². The first-order chi connectivity index (χ1) is 13.0. The van der Waals surface area contributed by atoms with Crippen LogP contribution in [0.5, 0.6) is 11.5 Å². The average Bonchev–Trinajstić information content (AvgIpc) is 3.09. The van der Waals surface area contributed by atoms with Crippen molar-refractivity contribution in [2.75, 3.05) is 31.0 Å². The van der Waals surface area contributed by atoms with E-state index in [0.717, 1.165) is 29.8 Å². The van der Waals surface area contributed by atoms with Gasteiger partial charge >= 0.3 is 0 Å². The fourth-order valence-electron chi connectivity index (χ4n) is 3.21. The molecule has 27 heavy (non-hydrogen) atoms. The van der Waals surface area contributed by atoms with Crippen LogP contribution in [0, 0.1) is 6.92 Å². The number of benzene rings is 2. The first-order valence-corrected chi connectivity index (χ1v) is 8.93. The summed E-state index contributed by atoms with van der Waals surface area (Å²) in [7, 11) is 3.14. The number of amides is 2. The molecule has 1 aliphatic rings. The van der Waals surface area contributed by atoms with Crippen molar-refractivity contribution in [3.05, 3.63) is 47.5 Å². The summed E-state index contributed by atoms with van der Waals surface area (Å²) in [6.45, 7) is 2.66. The van der Waals surface area contributed by atoms with E-state index >= 15 is 0 Å². The van der Waals surface area contributed by atoms with Gasteiger partial charge in [0.1, 0.15) is 0 Å². The molecule has 0 bridgehead atoms. The van der Waals surface area contributed by atoms with Gasteiger partial charge in [0.25, 0.3) is 0 Å². The number of carbonyl (C=O) groups is 2. The van der Waals surface area contributed by atoms with Crippen LogP contribution in [0.3, 0.4) is 0 Å². The van der Waals surface area contributed by atoms with Gasteiger partial charge in [0.15, 0.2) is 11.5 Å². The molecule has 2 aromatic carbocycles. The van der Waals surface area contributed by atoms with Gasteiger partial charge in [-0.05, 0) is 42.7 Å². The Morgan fingerprint density at radius 2 is 1.78 bits per heavy atom. The van der Waals surface area contributed by atoms with Gasteiger partial charge in [-0.15, -0.1) is 0 Å². The molecule has 1 fully saturated rings. The zero-order valence-electron chi connectivity index (χ0n) is 15.9. The Balaban J connectivity index is 1.66. The van der Waals surface area contributed by atoms with E-state index in [-0.39, 0.29) is 18.2 Å². The molecule has 6 heteroatoms. The van der Waals surface area contributed by atoms with Crippen LogP contribution in [0.4, 0.5) is 11.4 Å². The Labute approximate surface area is 159 Å². The second kappa shape index (κ2) is 8.12. The molecule has 1 N–H and O–H groups in total. The number of ether oxygens (including phenoxy) is 2. The Kier molecular flexibility index (Phi) is 5.64. The van der Waals surface area contributed by atoms with Gasteiger partial charge in [0.05, 0.1) is 20.6 Å². The number of hydrogen-bond acceptors (Lipinski definition) is 4. The van der Waals surface area contributed by atoms with E-state index in [1.807, 2.05) is 37.3 Å². The summed E-state index contributed by atoms with van der Waals surface area (Å²) >= 11 is 0. The van der Waals surface area contributed by atoms with Crippen molar-refractivity contribution in [1.82, 2.24) is 0 Å². The smallest absolute Gasteiger partial charge is 0.228 e. The van der Waals surface area contributed by atoms with Crippen molar-refractivity contribution in [2.45, 2.75) is 26.2 Å². The lowest BCUT2D eigenvalue weighted by molar-refractivity contribution is -0.117. The molecule has 0 aliphatic carbocycles. The number of nitrogens with one attached hydrogen (secondary N) is 1. The number of anilines is 2. The maximum atomic E-state index is 12.4. The Morgan fingerprint density at radius 3 is 2.37 bits per heavy atom. The Hall–Kier alpha value is -3.02. The summed E-state index contributed by atoms with van der Waals surface area (Å²) in [5.41, 5.74) is 3.36. The predicted octanol–water partition coefficient (Wildman–Crippen LogP) is 3.32. The van der Waals surface area contributed by atoms with E-state index in [2.05, 4.69) is 5.32 Å². The monoisotopic (exact) mass is 368 g/mol. The predicted molar refractivity (Wildman–Crippen MR) is 105 cm³/mol. The van der Waals surface area contributed by atoms with Crippen LogP contribution in [-0.4, -0.2) is 32.6 Å². The number of nitrogens with zero attached hydrogens (tertiary/aromatic N) is 1. The maximum Gasteiger partial charge on any atom is 0.228 e. The zero-order chi connectivity index (χ0) is 19.4. The van der Waals surface area contributed by atoms with Crippen LogP contribution in [-0.2, 0) is 16.0 Å². The van der Waals surface area contributed by atoms with Crippen LogP contribution in [0.1, 0.15) is 24.0 Å². The van der Waals surface area contributed by atoms with Crippen molar-refractivity contribution in [1.29, 1.82) is 0 Å². The van der Waals surface area contributed by atoms with E-state index in [4.69, 9.17) is 9.47 Å². The van der Waals surface area contributed by atoms with Crippen molar-refractivity contribution < 1.29 is 19.1 Å². The van der Waals surface area contributed by atoms with E-state index in [1.54, 1.807) is 25.2 Å². The quantitative estimate of drug-likeness (QED) is 0.849. The molecule has 6 nitrogen and oxygen atoms in total. The highest BCUT2D eigenvalue weighted by atomic mass is 16.5. The van der Waals surface area contributed by atoms with Gasteiger partial charge in [0, 0.05) is 30.4 Å². The summed E-state index contributed by atoms with van der Waals surface area (Å²) in [4.78, 5) is 26.0. The highest BCUT2D eigenvalue weighted by molar-refractivity contribution is 5.96. The largest absolute Gasteiger partial charge is 0.493 e. The molecule has 0 saturated carbocycles. The summed E-state index contributed by atoms with van der Waals surface area (Å²) in [6, 6.07) is 11.2. The van der Waals surface area contributed by atoms with Gasteiger partial charge in [-0.2, -0.15) is 0 Å². The van der Waals surface area contributed by atoms with Crippen LogP contribution in [0.2, 0.25) is 0 Å². The molecular formula is C21H24N2O4. The Bertz CT molecular complexity index is 846. The van der Waals surface area contributed by atoms with E-state index in [0.29, 0.717) is 23.6 Å². The SMILES string of the molecule is COc1cc(C)c(NC(=O)Cc2ccc(N3CCCC3=O)cc2)cc1OC. The maximum absolute atomic E-state index is 12.4. The molecule has 2 aromatic rings. The van der Waals surface area contributed by atoms with Gasteiger partial charge in [-0.25, -0.2) is 0 Å². The second-order valence-corrected chi connectivity index (χ2v) is 6.56. The summed E-state index contributed by atoms with van der Waals surface area (Å²) in [6.07, 6.45) is 1.75. The molecule has 1 heterocycles. The van der Waals surface area contributed by atoms with Crippen LogP contribution in [0.25, 0.3) is 0 Å². The highest BCUT2D eigenvalue weighted by Crippen LogP contribution is 2.33. The molecule has 0 atom stereocenters. The average molecular weight is 368 g/mol. The van der Waals surface area contributed by atoms with Gasteiger partial charge in [-0.3, -0.25) is 9.59 Å². The summed E-state index contributed by atoms with van der Waals surface area (Å²) < 4.78 is 10.6. The topological polar surface area (TPSA) is 67.9 Å². The minimum atomic E-state index is -0.115. The lowest BCUT2D eigenvalue weighted by Gasteiger charge is -2.16. The second-order valence-electron chi connectivity index (χ2n) is 6.56. The van der Waals surface area contributed by atoms with Crippen LogP contribution in [0.15, 0.2) is 36.4 Å². The summed E-state index contributed by atoms with van der Waals surface area (Å²) in [5.74, 6) is 1.23. The van der Waals surface area contributed by atoms with Crippen molar-refractivity contribution in [3.8, 4) is 11.5 Å². The molecular weight excluding hydrogens is 344 g/mol. The summed E-state index contributed by atoms with van der Waals surface area (Å²) in [5, 5.41) is 2.92. The molecule has 142 valence electrons. The first kappa shape index (κ1) is 18.8. The van der Waals surface area contributed by atoms with Crippen molar-refractivity contribution >= 4 is 23.2 Å². The van der Waals surface area contributed by atoms with Gasteiger partial charge in [-0.1, -0.05) is 12.1 Å². The van der Waals surface area contributed by atoms with E-state index in [9.17, 15) is 9.59 Å². The van der Waals surface area contributed by atoms with Crippen LogP contribution >= 0.6 is 0 Å². The molecule has 0 radical (unpaired) electrons. The standard InChI is InChI=1S/C21H24N2O4/c1-14-11-18(26-2)19(27-3)13-17(14)22-20(24)12-15-6-8-16(9-7-15)23-10-4-5-21(23)25/h6-9,11,13H,4-5,10,12H2,1-3H3,(H,22,24). The minimum absolute atomic E-state index is 0.115. The first-order valence-electron chi connectivity index (χ1n) is 8.93. The number of aryl methyl sites for hydroxylation is 1. The van der Waals surface area contributed by atoms with Crippen LogP contribution < -0.4 is 19.7 Å². The third-order valence-corrected chi connectivity index (χ3v) is 4.69. The minimum Gasteiger partial charge on any atom is -0.493 e. The molecule has 0 unspecified atom stereocenters. The van der Waals surface area contributed by atoms with E-state index < -0.39 is 0 Å². The number of carbonyl (C=O) groups excluding carboxylic acids is 2. The lowest BCUT2D eigenvalue weighted by Crippen LogP contribution is -2.23. The molecule has 1 saturated heterocycles. The molecule has 1 aliphatic heterocycles. The van der Waals surface area contributed by atoms with Gasteiger partial charge < -0.3 is 19.7 Å². The molecule has 3 rings (SSSR count). The molecule has 0 aromatic heterocycles. The number of hydrogen-bond donors (Lipinski definition) is 1. The fourth-order valence-corrected chi connectivity index (χ4v) is 3.21. The third-order valence-electron chi connectivity index (χ3n) is 4.69. The van der Waals surface area contributed by atoms with Crippen molar-refractivity contribution in [3.63, 3.8) is 0 Å². The normalized spacial score (nSPS) is 13.6.